The lowest BCUT2D eigenvalue weighted by atomic mass is 9.89. The van der Waals surface area contributed by atoms with E-state index in [0.717, 1.165) is 18.4 Å². The molecule has 0 saturated heterocycles. The van der Waals surface area contributed by atoms with E-state index in [1.807, 2.05) is 13.0 Å². The number of carbonyl (C=O) groups is 2. The molecule has 3 aromatic rings. The highest BCUT2D eigenvalue weighted by Crippen LogP contribution is 2.24. The van der Waals surface area contributed by atoms with E-state index in [-0.39, 0.29) is 11.7 Å². The number of nitrogens with one attached hydrogen (secondary N) is 2. The first-order chi connectivity index (χ1) is 14.5. The molecule has 0 unspecified atom stereocenters. The molecule has 1 atom stereocenters. The van der Waals surface area contributed by atoms with Gasteiger partial charge in [-0.15, -0.1) is 0 Å². The molecule has 1 aliphatic carbocycles. The monoisotopic (exact) mass is 405 g/mol. The number of hydrogen-bond donors (Lipinski definition) is 2. The summed E-state index contributed by atoms with van der Waals surface area (Å²) in [7, 11) is 0. The second-order valence-corrected chi connectivity index (χ2v) is 7.55. The second-order valence-electron chi connectivity index (χ2n) is 7.55. The van der Waals surface area contributed by atoms with Crippen LogP contribution in [0, 0.1) is 0 Å². The number of rotatable bonds is 5. The number of ether oxygens (including phenoxy) is 1. The van der Waals surface area contributed by atoms with Crippen molar-refractivity contribution in [2.45, 2.75) is 38.6 Å². The predicted molar refractivity (Wildman–Crippen MR) is 112 cm³/mol. The van der Waals surface area contributed by atoms with E-state index in [1.165, 1.54) is 24.0 Å². The standard InChI is InChI=1S/C23H23N3O4/c1-14(16-11-10-15-6-2-3-7-17(15)12-16)24-20(27)13-30-23(29)21-18-8-4-5-9-19(18)22(28)26-25-21/h4-5,8-12,14H,2-3,6-7,13H2,1H3,(H,24,27)(H,26,28)/t14-/m1/s1. The van der Waals surface area contributed by atoms with Gasteiger partial charge in [0, 0.05) is 5.39 Å². The van der Waals surface area contributed by atoms with Crippen molar-refractivity contribution in [1.29, 1.82) is 0 Å². The largest absolute Gasteiger partial charge is 0.451 e. The van der Waals surface area contributed by atoms with Crippen LogP contribution in [0.5, 0.6) is 0 Å². The van der Waals surface area contributed by atoms with Crippen molar-refractivity contribution in [1.82, 2.24) is 15.5 Å². The number of nitrogens with zero attached hydrogens (tertiary/aromatic N) is 1. The normalized spacial score (nSPS) is 14.0. The number of fused-ring (bicyclic) bond motifs is 2. The molecule has 7 nitrogen and oxygen atoms in total. The first kappa shape index (κ1) is 19.8. The van der Waals surface area contributed by atoms with E-state index in [9.17, 15) is 14.4 Å². The van der Waals surface area contributed by atoms with Gasteiger partial charge < -0.3 is 10.1 Å². The van der Waals surface area contributed by atoms with Gasteiger partial charge >= 0.3 is 5.97 Å². The highest BCUT2D eigenvalue weighted by molar-refractivity contribution is 6.02. The van der Waals surface area contributed by atoms with Crippen LogP contribution in [0.25, 0.3) is 10.8 Å². The number of benzene rings is 2. The van der Waals surface area contributed by atoms with Crippen LogP contribution in [-0.4, -0.2) is 28.7 Å². The molecule has 1 aliphatic rings. The summed E-state index contributed by atoms with van der Waals surface area (Å²) in [5.41, 5.74) is 3.35. The SMILES string of the molecule is C[C@@H](NC(=O)COC(=O)c1n[nH]c(=O)c2ccccc12)c1ccc2c(c1)CCCC2. The molecule has 4 rings (SSSR count). The van der Waals surface area contributed by atoms with Crippen LogP contribution in [0.4, 0.5) is 0 Å². The summed E-state index contributed by atoms with van der Waals surface area (Å²) in [6.45, 7) is 1.48. The molecular formula is C23H23N3O4. The maximum atomic E-state index is 12.4. The molecule has 0 bridgehead atoms. The molecule has 0 fully saturated rings. The van der Waals surface area contributed by atoms with Crippen molar-refractivity contribution >= 4 is 22.6 Å². The number of carbonyl (C=O) groups excluding carboxylic acids is 2. The second kappa shape index (κ2) is 8.49. The third-order valence-corrected chi connectivity index (χ3v) is 5.47. The zero-order chi connectivity index (χ0) is 21.1. The maximum absolute atomic E-state index is 12.4. The summed E-state index contributed by atoms with van der Waals surface area (Å²) in [6, 6.07) is 12.7. The minimum Gasteiger partial charge on any atom is -0.451 e. The zero-order valence-corrected chi connectivity index (χ0v) is 16.7. The number of aryl methyl sites for hydroxylation is 2. The first-order valence-corrected chi connectivity index (χ1v) is 10.1. The minimum absolute atomic E-state index is 0.0271. The van der Waals surface area contributed by atoms with Crippen molar-refractivity contribution in [3.8, 4) is 0 Å². The third kappa shape index (κ3) is 4.10. The van der Waals surface area contributed by atoms with Crippen LogP contribution in [0.2, 0.25) is 0 Å². The van der Waals surface area contributed by atoms with Gasteiger partial charge in [-0.05, 0) is 55.4 Å². The van der Waals surface area contributed by atoms with Crippen molar-refractivity contribution in [3.05, 3.63) is 75.2 Å². The Morgan fingerprint density at radius 3 is 2.63 bits per heavy atom. The van der Waals surface area contributed by atoms with Gasteiger partial charge in [0.2, 0.25) is 0 Å². The van der Waals surface area contributed by atoms with E-state index >= 15 is 0 Å². The highest BCUT2D eigenvalue weighted by Gasteiger charge is 2.18. The Balaban J connectivity index is 1.39. The fraction of sp³-hybridized carbons (Fsp3) is 0.304. The fourth-order valence-electron chi connectivity index (χ4n) is 3.86. The lowest BCUT2D eigenvalue weighted by Crippen LogP contribution is -2.31. The van der Waals surface area contributed by atoms with Gasteiger partial charge in [0.05, 0.1) is 11.4 Å². The van der Waals surface area contributed by atoms with Crippen LogP contribution in [0.1, 0.15) is 53.0 Å². The highest BCUT2D eigenvalue weighted by atomic mass is 16.5. The van der Waals surface area contributed by atoms with Gasteiger partial charge in [-0.25, -0.2) is 9.89 Å². The average Bonchev–Trinajstić information content (AvgIpc) is 2.77. The number of hydrogen-bond acceptors (Lipinski definition) is 5. The molecule has 30 heavy (non-hydrogen) atoms. The van der Waals surface area contributed by atoms with Gasteiger partial charge in [-0.3, -0.25) is 9.59 Å². The quantitative estimate of drug-likeness (QED) is 0.636. The third-order valence-electron chi connectivity index (χ3n) is 5.47. The number of H-pyrrole nitrogens is 1. The minimum atomic E-state index is -0.765. The number of aromatic amines is 1. The van der Waals surface area contributed by atoms with Gasteiger partial charge in [0.15, 0.2) is 12.3 Å². The topological polar surface area (TPSA) is 101 Å². The summed E-state index contributed by atoms with van der Waals surface area (Å²) in [5, 5.41) is 9.66. The molecule has 1 aromatic heterocycles. The molecule has 7 heteroatoms. The van der Waals surface area contributed by atoms with Crippen LogP contribution < -0.4 is 10.9 Å². The summed E-state index contributed by atoms with van der Waals surface area (Å²) < 4.78 is 5.13. The van der Waals surface area contributed by atoms with E-state index in [0.29, 0.717) is 10.8 Å². The zero-order valence-electron chi connectivity index (χ0n) is 16.7. The Morgan fingerprint density at radius 2 is 1.83 bits per heavy atom. The van der Waals surface area contributed by atoms with Gasteiger partial charge in [-0.2, -0.15) is 5.10 Å². The Bertz CT molecular complexity index is 1170. The predicted octanol–water partition coefficient (Wildman–Crippen LogP) is 2.84. The van der Waals surface area contributed by atoms with Crippen LogP contribution >= 0.6 is 0 Å². The maximum Gasteiger partial charge on any atom is 0.359 e. The smallest absolute Gasteiger partial charge is 0.359 e. The number of esters is 1. The van der Waals surface area contributed by atoms with Crippen molar-refractivity contribution < 1.29 is 14.3 Å². The molecule has 0 aliphatic heterocycles. The van der Waals surface area contributed by atoms with E-state index < -0.39 is 24.0 Å². The van der Waals surface area contributed by atoms with Crippen LogP contribution in [-0.2, 0) is 22.4 Å². The van der Waals surface area contributed by atoms with Gasteiger partial charge in [0.25, 0.3) is 11.5 Å². The van der Waals surface area contributed by atoms with E-state index in [1.54, 1.807) is 24.3 Å². The van der Waals surface area contributed by atoms with Crippen molar-refractivity contribution in [3.63, 3.8) is 0 Å². The first-order valence-electron chi connectivity index (χ1n) is 10.1. The average molecular weight is 405 g/mol. The number of aromatic nitrogens is 2. The fourth-order valence-corrected chi connectivity index (χ4v) is 3.86. The molecular weight excluding hydrogens is 382 g/mol. The molecule has 2 aromatic carbocycles. The van der Waals surface area contributed by atoms with E-state index in [2.05, 4.69) is 27.6 Å². The molecule has 1 heterocycles. The van der Waals surface area contributed by atoms with Gasteiger partial charge in [0.1, 0.15) is 0 Å². The Kier molecular flexibility index (Phi) is 5.61. The van der Waals surface area contributed by atoms with Crippen LogP contribution in [0.15, 0.2) is 47.3 Å². The Hall–Kier alpha value is -3.48. The molecule has 0 radical (unpaired) electrons. The number of amides is 1. The lowest BCUT2D eigenvalue weighted by molar-refractivity contribution is -0.124. The summed E-state index contributed by atoms with van der Waals surface area (Å²) in [5.74, 6) is -1.17. The summed E-state index contributed by atoms with van der Waals surface area (Å²) in [4.78, 5) is 36.5. The molecule has 0 saturated carbocycles. The molecule has 0 spiro atoms. The van der Waals surface area contributed by atoms with Crippen molar-refractivity contribution in [2.24, 2.45) is 0 Å². The van der Waals surface area contributed by atoms with E-state index in [4.69, 9.17) is 4.74 Å². The summed E-state index contributed by atoms with van der Waals surface area (Å²) in [6.07, 6.45) is 4.60. The molecule has 1 amide bonds. The van der Waals surface area contributed by atoms with Gasteiger partial charge in [-0.1, -0.05) is 36.4 Å². The Morgan fingerprint density at radius 1 is 1.10 bits per heavy atom. The molecule has 2 N–H and O–H groups in total. The van der Waals surface area contributed by atoms with Crippen LogP contribution in [0.3, 0.4) is 0 Å². The summed E-state index contributed by atoms with van der Waals surface area (Å²) >= 11 is 0. The lowest BCUT2D eigenvalue weighted by Gasteiger charge is -2.20. The molecule has 154 valence electrons. The van der Waals surface area contributed by atoms with Crippen molar-refractivity contribution in [2.75, 3.05) is 6.61 Å². The Labute approximate surface area is 173 Å².